The molecule has 0 saturated heterocycles. The Hall–Kier alpha value is -0.680. The molecule has 1 saturated carbocycles. The van der Waals surface area contributed by atoms with Gasteiger partial charge in [-0.15, -0.1) is 11.6 Å². The molecule has 0 unspecified atom stereocenters. The van der Waals surface area contributed by atoms with Gasteiger partial charge in [-0.05, 0) is 36.8 Å². The highest BCUT2D eigenvalue weighted by Gasteiger charge is 2.42. The van der Waals surface area contributed by atoms with Crippen molar-refractivity contribution >= 4 is 33.4 Å². The lowest BCUT2D eigenvalue weighted by Gasteiger charge is -2.15. The van der Waals surface area contributed by atoms with E-state index in [4.69, 9.17) is 11.6 Å². The Morgan fingerprint density at radius 3 is 2.42 bits per heavy atom. The minimum absolute atomic E-state index is 0.0275. The fourth-order valence-electron chi connectivity index (χ4n) is 2.01. The number of rotatable bonds is 5. The van der Waals surface area contributed by atoms with Gasteiger partial charge in [0, 0.05) is 16.9 Å². The largest absolute Gasteiger partial charge is 0.351 e. The van der Waals surface area contributed by atoms with Gasteiger partial charge in [0.2, 0.25) is 0 Å². The van der Waals surface area contributed by atoms with E-state index in [1.807, 2.05) is 0 Å². The molecule has 2 rings (SSSR count). The molecule has 1 aromatic rings. The molecule has 1 aliphatic rings. The number of carbonyl (C=O) groups excluding carboxylic acids is 1. The smallest absolute Gasteiger partial charge is 0.257 e. The van der Waals surface area contributed by atoms with Gasteiger partial charge in [-0.1, -0.05) is 15.9 Å². The Bertz CT molecular complexity index is 482. The summed E-state index contributed by atoms with van der Waals surface area (Å²) >= 11 is 8.66. The average Bonchev–Trinajstić information content (AvgIpc) is 3.06. The van der Waals surface area contributed by atoms with Crippen molar-refractivity contribution in [1.82, 2.24) is 5.32 Å². The van der Waals surface area contributed by atoms with Crippen LogP contribution in [0.3, 0.4) is 0 Å². The molecule has 1 aromatic carbocycles. The van der Waals surface area contributed by atoms with Crippen LogP contribution in [0.1, 0.15) is 29.6 Å². The molecule has 0 radical (unpaired) electrons. The lowest BCUT2D eigenvalue weighted by atomic mass is 10.0. The van der Waals surface area contributed by atoms with Crippen LogP contribution in [0.4, 0.5) is 8.78 Å². The van der Waals surface area contributed by atoms with Crippen LogP contribution in [0.2, 0.25) is 0 Å². The van der Waals surface area contributed by atoms with Crippen molar-refractivity contribution in [2.45, 2.75) is 19.3 Å². The zero-order valence-electron chi connectivity index (χ0n) is 10.1. The van der Waals surface area contributed by atoms with Crippen molar-refractivity contribution < 1.29 is 13.6 Å². The van der Waals surface area contributed by atoms with E-state index in [2.05, 4.69) is 21.2 Å². The first-order valence-corrected chi connectivity index (χ1v) is 7.29. The van der Waals surface area contributed by atoms with Crippen LogP contribution in [-0.4, -0.2) is 18.3 Å². The number of hydrogen-bond acceptors (Lipinski definition) is 1. The van der Waals surface area contributed by atoms with Gasteiger partial charge in [-0.2, -0.15) is 0 Å². The van der Waals surface area contributed by atoms with Crippen LogP contribution in [0, 0.1) is 17.0 Å². The van der Waals surface area contributed by atoms with Gasteiger partial charge in [0.25, 0.3) is 5.91 Å². The summed E-state index contributed by atoms with van der Waals surface area (Å²) < 4.78 is 27.5. The van der Waals surface area contributed by atoms with E-state index in [9.17, 15) is 13.6 Å². The number of amides is 1. The van der Waals surface area contributed by atoms with Crippen molar-refractivity contribution in [3.8, 4) is 0 Å². The first-order chi connectivity index (χ1) is 8.97. The summed E-state index contributed by atoms with van der Waals surface area (Å²) in [5, 5.41) is 2.59. The summed E-state index contributed by atoms with van der Waals surface area (Å²) in [6.07, 6.45) is 2.79. The molecular formula is C13H13BrClF2NO. The number of halogens is 4. The van der Waals surface area contributed by atoms with Crippen LogP contribution < -0.4 is 5.32 Å². The average molecular weight is 353 g/mol. The number of alkyl halides is 1. The molecule has 0 aromatic heterocycles. The highest BCUT2D eigenvalue weighted by atomic mass is 79.9. The predicted octanol–water partition coefficient (Wildman–Crippen LogP) is 3.87. The fourth-order valence-corrected chi connectivity index (χ4v) is 2.81. The molecule has 19 heavy (non-hydrogen) atoms. The minimum atomic E-state index is -0.869. The molecule has 1 aliphatic carbocycles. The van der Waals surface area contributed by atoms with E-state index in [0.29, 0.717) is 12.4 Å². The van der Waals surface area contributed by atoms with Gasteiger partial charge in [0.1, 0.15) is 17.2 Å². The van der Waals surface area contributed by atoms with Crippen molar-refractivity contribution in [3.63, 3.8) is 0 Å². The SMILES string of the molecule is O=C(NCC1(CCCl)CC1)c1c(F)cc(Br)cc1F. The third-order valence-corrected chi connectivity index (χ3v) is 4.09. The Balaban J connectivity index is 2.05. The van der Waals surface area contributed by atoms with Gasteiger partial charge in [0.15, 0.2) is 0 Å². The molecule has 1 fully saturated rings. The maximum atomic E-state index is 13.6. The third kappa shape index (κ3) is 3.45. The van der Waals surface area contributed by atoms with Crippen molar-refractivity contribution in [2.75, 3.05) is 12.4 Å². The quantitative estimate of drug-likeness (QED) is 0.801. The van der Waals surface area contributed by atoms with Crippen LogP contribution in [0.5, 0.6) is 0 Å². The molecule has 1 N–H and O–H groups in total. The summed E-state index contributed by atoms with van der Waals surface area (Å²) in [6, 6.07) is 2.15. The molecule has 0 spiro atoms. The van der Waals surface area contributed by atoms with E-state index in [0.717, 1.165) is 31.4 Å². The monoisotopic (exact) mass is 351 g/mol. The third-order valence-electron chi connectivity index (χ3n) is 3.44. The van der Waals surface area contributed by atoms with E-state index in [-0.39, 0.29) is 9.89 Å². The zero-order valence-corrected chi connectivity index (χ0v) is 12.5. The number of carbonyl (C=O) groups is 1. The summed E-state index contributed by atoms with van der Waals surface area (Å²) in [5.41, 5.74) is -0.510. The van der Waals surface area contributed by atoms with Crippen LogP contribution in [0.15, 0.2) is 16.6 Å². The standard InChI is InChI=1S/C13H13BrClF2NO/c14-8-5-9(16)11(10(17)6-8)12(19)18-7-13(1-2-13)3-4-15/h5-6H,1-4,7H2,(H,18,19). The normalized spacial score (nSPS) is 16.2. The molecule has 0 aliphatic heterocycles. The lowest BCUT2D eigenvalue weighted by molar-refractivity contribution is 0.0936. The minimum Gasteiger partial charge on any atom is -0.351 e. The van der Waals surface area contributed by atoms with E-state index in [1.165, 1.54) is 0 Å². The Labute approximate surface area is 123 Å². The van der Waals surface area contributed by atoms with Crippen LogP contribution in [-0.2, 0) is 0 Å². The maximum Gasteiger partial charge on any atom is 0.257 e. The summed E-state index contributed by atoms with van der Waals surface area (Å²) in [4.78, 5) is 11.8. The Kier molecular flexibility index (Phi) is 4.46. The first kappa shape index (κ1) is 14.7. The molecular weight excluding hydrogens is 340 g/mol. The van der Waals surface area contributed by atoms with E-state index < -0.39 is 23.1 Å². The molecule has 1 amide bonds. The number of benzene rings is 1. The first-order valence-electron chi connectivity index (χ1n) is 5.96. The second-order valence-electron chi connectivity index (χ2n) is 4.87. The lowest BCUT2D eigenvalue weighted by Crippen LogP contribution is -2.31. The Morgan fingerprint density at radius 2 is 1.95 bits per heavy atom. The van der Waals surface area contributed by atoms with E-state index >= 15 is 0 Å². The second kappa shape index (κ2) is 5.75. The predicted molar refractivity (Wildman–Crippen MR) is 73.4 cm³/mol. The van der Waals surface area contributed by atoms with Gasteiger partial charge < -0.3 is 5.32 Å². The molecule has 0 bridgehead atoms. The summed E-state index contributed by atoms with van der Waals surface area (Å²) in [7, 11) is 0. The van der Waals surface area contributed by atoms with Gasteiger partial charge in [-0.25, -0.2) is 8.78 Å². The molecule has 0 atom stereocenters. The summed E-state index contributed by atoms with van der Waals surface area (Å²) in [6.45, 7) is 0.410. The molecule has 2 nitrogen and oxygen atoms in total. The van der Waals surface area contributed by atoms with Crippen LogP contribution in [0.25, 0.3) is 0 Å². The van der Waals surface area contributed by atoms with Gasteiger partial charge in [-0.3, -0.25) is 4.79 Å². The number of nitrogens with one attached hydrogen (secondary N) is 1. The highest BCUT2D eigenvalue weighted by Crippen LogP contribution is 2.48. The zero-order chi connectivity index (χ0) is 14.0. The molecule has 0 heterocycles. The maximum absolute atomic E-state index is 13.6. The molecule has 6 heteroatoms. The van der Waals surface area contributed by atoms with Crippen molar-refractivity contribution in [2.24, 2.45) is 5.41 Å². The van der Waals surface area contributed by atoms with Gasteiger partial charge in [0.05, 0.1) is 0 Å². The fraction of sp³-hybridized carbons (Fsp3) is 0.462. The van der Waals surface area contributed by atoms with E-state index in [1.54, 1.807) is 0 Å². The highest BCUT2D eigenvalue weighted by molar-refractivity contribution is 9.10. The summed E-state index contributed by atoms with van der Waals surface area (Å²) in [5.74, 6) is -1.93. The van der Waals surface area contributed by atoms with Crippen molar-refractivity contribution in [3.05, 3.63) is 33.8 Å². The van der Waals surface area contributed by atoms with Crippen LogP contribution >= 0.6 is 27.5 Å². The van der Waals surface area contributed by atoms with Crippen molar-refractivity contribution in [1.29, 1.82) is 0 Å². The van der Waals surface area contributed by atoms with Gasteiger partial charge >= 0.3 is 0 Å². The second-order valence-corrected chi connectivity index (χ2v) is 6.16. The Morgan fingerprint density at radius 1 is 1.37 bits per heavy atom. The topological polar surface area (TPSA) is 29.1 Å². The molecule has 104 valence electrons. The number of hydrogen-bond donors (Lipinski definition) is 1.